The van der Waals surface area contributed by atoms with E-state index in [1.165, 1.54) is 16.0 Å². The number of benzene rings is 2. The second-order valence-corrected chi connectivity index (χ2v) is 5.80. The molecule has 1 nitrogen and oxygen atoms in total. The summed E-state index contributed by atoms with van der Waals surface area (Å²) in [5, 5.41) is 10.0. The average molecular weight is 279 g/mol. The van der Waals surface area contributed by atoms with Crippen molar-refractivity contribution >= 4 is 23.4 Å². The summed E-state index contributed by atoms with van der Waals surface area (Å²) in [7, 11) is 0. The van der Waals surface area contributed by atoms with Crippen LogP contribution < -0.4 is 0 Å². The molecule has 18 heavy (non-hydrogen) atoms. The van der Waals surface area contributed by atoms with Gasteiger partial charge in [0.1, 0.15) is 0 Å². The molecule has 0 atom stereocenters. The minimum atomic E-state index is 0.00770. The van der Waals surface area contributed by atoms with Crippen LogP contribution in [0.1, 0.15) is 16.7 Å². The number of hydrogen-bond donors (Lipinski definition) is 1. The first-order chi connectivity index (χ1) is 8.60. The van der Waals surface area contributed by atoms with Crippen LogP contribution in [0, 0.1) is 13.8 Å². The summed E-state index contributed by atoms with van der Waals surface area (Å²) < 4.78 is 0. The molecule has 2 aromatic carbocycles. The molecule has 0 aromatic heterocycles. The molecule has 0 fully saturated rings. The van der Waals surface area contributed by atoms with Crippen LogP contribution in [-0.4, -0.2) is 5.11 Å². The van der Waals surface area contributed by atoms with Gasteiger partial charge in [0.05, 0.1) is 6.61 Å². The highest BCUT2D eigenvalue weighted by Crippen LogP contribution is 2.34. The van der Waals surface area contributed by atoms with Gasteiger partial charge in [-0.2, -0.15) is 0 Å². The topological polar surface area (TPSA) is 20.2 Å². The van der Waals surface area contributed by atoms with Gasteiger partial charge in [-0.3, -0.25) is 0 Å². The zero-order valence-electron chi connectivity index (χ0n) is 10.4. The number of halogens is 1. The zero-order chi connectivity index (χ0) is 13.1. The van der Waals surface area contributed by atoms with Crippen LogP contribution in [0.5, 0.6) is 0 Å². The van der Waals surface area contributed by atoms with E-state index in [2.05, 4.69) is 32.0 Å². The minimum Gasteiger partial charge on any atom is -0.392 e. The summed E-state index contributed by atoms with van der Waals surface area (Å²) in [6.45, 7) is 4.18. The van der Waals surface area contributed by atoms with Crippen molar-refractivity contribution in [2.24, 2.45) is 0 Å². The Morgan fingerprint density at radius 2 is 1.83 bits per heavy atom. The van der Waals surface area contributed by atoms with E-state index < -0.39 is 0 Å². The van der Waals surface area contributed by atoms with E-state index in [1.54, 1.807) is 11.8 Å². The fourth-order valence-electron chi connectivity index (χ4n) is 1.71. The van der Waals surface area contributed by atoms with Gasteiger partial charge in [0.15, 0.2) is 0 Å². The van der Waals surface area contributed by atoms with Crippen LogP contribution in [0.3, 0.4) is 0 Å². The number of aryl methyl sites for hydroxylation is 2. The number of hydrogen-bond acceptors (Lipinski definition) is 2. The molecule has 0 aliphatic rings. The van der Waals surface area contributed by atoms with E-state index >= 15 is 0 Å². The van der Waals surface area contributed by atoms with Gasteiger partial charge in [0, 0.05) is 14.8 Å². The minimum absolute atomic E-state index is 0.00770. The van der Waals surface area contributed by atoms with Crippen LogP contribution in [0.15, 0.2) is 46.2 Å². The van der Waals surface area contributed by atoms with Gasteiger partial charge < -0.3 is 5.11 Å². The van der Waals surface area contributed by atoms with Crippen molar-refractivity contribution in [3.63, 3.8) is 0 Å². The van der Waals surface area contributed by atoms with Crippen molar-refractivity contribution in [3.8, 4) is 0 Å². The third-order valence-electron chi connectivity index (χ3n) is 2.76. The summed E-state index contributed by atoms with van der Waals surface area (Å²) in [6.07, 6.45) is 0. The van der Waals surface area contributed by atoms with Gasteiger partial charge in [-0.25, -0.2) is 0 Å². The number of aliphatic hydroxyl groups is 1. The Hall–Kier alpha value is -0.960. The number of rotatable bonds is 3. The molecule has 0 saturated heterocycles. The summed E-state index contributed by atoms with van der Waals surface area (Å²) in [5.41, 5.74) is 3.35. The molecule has 94 valence electrons. The molecule has 0 aliphatic heterocycles. The highest BCUT2D eigenvalue weighted by atomic mass is 35.5. The Balaban J connectivity index is 2.36. The molecule has 0 aliphatic carbocycles. The molecule has 2 rings (SSSR count). The average Bonchev–Trinajstić information content (AvgIpc) is 2.36. The summed E-state index contributed by atoms with van der Waals surface area (Å²) in [4.78, 5) is 2.27. The van der Waals surface area contributed by atoms with Crippen LogP contribution in [0.25, 0.3) is 0 Å². The molecule has 2 aromatic rings. The quantitative estimate of drug-likeness (QED) is 0.885. The van der Waals surface area contributed by atoms with Gasteiger partial charge in [0.2, 0.25) is 0 Å². The molecule has 0 spiro atoms. The van der Waals surface area contributed by atoms with E-state index in [-0.39, 0.29) is 6.61 Å². The van der Waals surface area contributed by atoms with Gasteiger partial charge in [-0.15, -0.1) is 0 Å². The predicted molar refractivity (Wildman–Crippen MR) is 77.4 cm³/mol. The Bertz CT molecular complexity index is 566. The summed E-state index contributed by atoms with van der Waals surface area (Å²) in [6, 6.07) is 12.0. The van der Waals surface area contributed by atoms with Crippen molar-refractivity contribution in [2.45, 2.75) is 30.2 Å². The van der Waals surface area contributed by atoms with Gasteiger partial charge in [-0.1, -0.05) is 35.5 Å². The first-order valence-corrected chi connectivity index (χ1v) is 6.94. The van der Waals surface area contributed by atoms with Crippen LogP contribution in [-0.2, 0) is 6.61 Å². The fraction of sp³-hybridized carbons (Fsp3) is 0.200. The lowest BCUT2D eigenvalue weighted by Crippen LogP contribution is -1.89. The third-order valence-corrected chi connectivity index (χ3v) is 4.27. The maximum atomic E-state index is 9.37. The first-order valence-electron chi connectivity index (χ1n) is 5.74. The molecule has 0 bridgehead atoms. The van der Waals surface area contributed by atoms with Crippen molar-refractivity contribution in [2.75, 3.05) is 0 Å². The zero-order valence-corrected chi connectivity index (χ0v) is 12.0. The van der Waals surface area contributed by atoms with E-state index in [4.69, 9.17) is 11.6 Å². The normalized spacial score (nSPS) is 10.7. The van der Waals surface area contributed by atoms with Crippen molar-refractivity contribution in [3.05, 3.63) is 58.1 Å². The lowest BCUT2D eigenvalue weighted by atomic mass is 10.2. The second kappa shape index (κ2) is 5.79. The Morgan fingerprint density at radius 1 is 1.06 bits per heavy atom. The maximum Gasteiger partial charge on any atom is 0.0693 e. The molecule has 1 N–H and O–H groups in total. The monoisotopic (exact) mass is 278 g/mol. The van der Waals surface area contributed by atoms with Crippen molar-refractivity contribution in [1.29, 1.82) is 0 Å². The predicted octanol–water partition coefficient (Wildman–Crippen LogP) is 4.60. The van der Waals surface area contributed by atoms with E-state index in [0.717, 1.165) is 10.5 Å². The Morgan fingerprint density at radius 3 is 2.56 bits per heavy atom. The summed E-state index contributed by atoms with van der Waals surface area (Å²) in [5.74, 6) is 0. The van der Waals surface area contributed by atoms with Crippen molar-refractivity contribution < 1.29 is 5.11 Å². The molecule has 0 saturated carbocycles. The second-order valence-electron chi connectivity index (χ2n) is 4.28. The van der Waals surface area contributed by atoms with Crippen LogP contribution in [0.2, 0.25) is 5.02 Å². The Kier molecular flexibility index (Phi) is 4.33. The molecule has 0 unspecified atom stereocenters. The first kappa shape index (κ1) is 13.5. The van der Waals surface area contributed by atoms with Crippen molar-refractivity contribution in [1.82, 2.24) is 0 Å². The molecule has 0 radical (unpaired) electrons. The van der Waals surface area contributed by atoms with E-state index in [0.29, 0.717) is 5.02 Å². The lowest BCUT2D eigenvalue weighted by molar-refractivity contribution is 0.279. The van der Waals surface area contributed by atoms with Gasteiger partial charge in [-0.05, 0) is 54.8 Å². The largest absolute Gasteiger partial charge is 0.392 e. The number of aliphatic hydroxyl groups excluding tert-OH is 1. The van der Waals surface area contributed by atoms with E-state index in [9.17, 15) is 5.11 Å². The molecule has 0 heterocycles. The SMILES string of the molecule is Cc1ccc(C)c(Sc2ccc(Cl)cc2CO)c1. The standard InChI is InChI=1S/C15H15ClOS/c1-10-3-4-11(2)15(7-10)18-14-6-5-13(16)8-12(14)9-17/h3-8,17H,9H2,1-2H3. The Labute approximate surface area is 117 Å². The van der Waals surface area contributed by atoms with Gasteiger partial charge >= 0.3 is 0 Å². The highest BCUT2D eigenvalue weighted by Gasteiger charge is 2.07. The highest BCUT2D eigenvalue weighted by molar-refractivity contribution is 7.99. The molecular weight excluding hydrogens is 264 g/mol. The van der Waals surface area contributed by atoms with Crippen LogP contribution in [0.4, 0.5) is 0 Å². The van der Waals surface area contributed by atoms with Crippen LogP contribution >= 0.6 is 23.4 Å². The molecular formula is C15H15ClOS. The molecule has 3 heteroatoms. The lowest BCUT2D eigenvalue weighted by Gasteiger charge is -2.10. The maximum absolute atomic E-state index is 9.37. The fourth-order valence-corrected chi connectivity index (χ4v) is 3.00. The smallest absolute Gasteiger partial charge is 0.0693 e. The van der Waals surface area contributed by atoms with E-state index in [1.807, 2.05) is 18.2 Å². The molecule has 0 amide bonds. The summed E-state index contributed by atoms with van der Waals surface area (Å²) >= 11 is 7.60. The third kappa shape index (κ3) is 3.08. The van der Waals surface area contributed by atoms with Gasteiger partial charge in [0.25, 0.3) is 0 Å².